The fraction of sp³-hybridized carbons (Fsp3) is 1.00. The van der Waals surface area contributed by atoms with Gasteiger partial charge in [-0.25, -0.2) is 0 Å². The highest BCUT2D eigenvalue weighted by molar-refractivity contribution is 5.85. The van der Waals surface area contributed by atoms with E-state index < -0.39 is 12.2 Å². The van der Waals surface area contributed by atoms with E-state index in [1.165, 1.54) is 6.92 Å². The lowest BCUT2D eigenvalue weighted by Crippen LogP contribution is -2.36. The Labute approximate surface area is 57.8 Å². The highest BCUT2D eigenvalue weighted by atomic mass is 35.5. The Kier molecular flexibility index (Phi) is 5.18. The van der Waals surface area contributed by atoms with Gasteiger partial charge in [0.25, 0.3) is 0 Å². The molecule has 58 valence electrons. The molecule has 1 atom stereocenters. The Morgan fingerprint density at radius 2 is 1.78 bits per heavy atom. The SMILES string of the molecule is CCC(N)C(F)(F)F.Cl. The summed E-state index contributed by atoms with van der Waals surface area (Å²) in [5, 5.41) is 0. The van der Waals surface area contributed by atoms with Crippen molar-refractivity contribution in [3.63, 3.8) is 0 Å². The van der Waals surface area contributed by atoms with Crippen molar-refractivity contribution in [1.82, 2.24) is 0 Å². The average Bonchev–Trinajstić information content (AvgIpc) is 1.62. The third-order valence-electron chi connectivity index (χ3n) is 0.860. The van der Waals surface area contributed by atoms with Gasteiger partial charge in [0.05, 0.1) is 0 Å². The second kappa shape index (κ2) is 3.95. The van der Waals surface area contributed by atoms with Crippen molar-refractivity contribution < 1.29 is 13.2 Å². The van der Waals surface area contributed by atoms with Crippen LogP contribution in [0.1, 0.15) is 13.3 Å². The van der Waals surface area contributed by atoms with Gasteiger partial charge in [0.15, 0.2) is 0 Å². The topological polar surface area (TPSA) is 26.0 Å². The van der Waals surface area contributed by atoms with Gasteiger partial charge in [-0.2, -0.15) is 13.2 Å². The predicted octanol–water partition coefficient (Wildman–Crippen LogP) is 1.71. The fourth-order valence-corrected chi connectivity index (χ4v) is 0.231. The van der Waals surface area contributed by atoms with Crippen LogP contribution in [0.3, 0.4) is 0 Å². The highest BCUT2D eigenvalue weighted by Gasteiger charge is 2.34. The molecule has 0 spiro atoms. The highest BCUT2D eigenvalue weighted by Crippen LogP contribution is 2.19. The Hall–Kier alpha value is 0.0400. The molecule has 0 bridgehead atoms. The van der Waals surface area contributed by atoms with Crippen LogP contribution < -0.4 is 5.73 Å². The van der Waals surface area contributed by atoms with E-state index in [4.69, 9.17) is 0 Å². The minimum atomic E-state index is -4.21. The maximum absolute atomic E-state index is 11.3. The summed E-state index contributed by atoms with van der Waals surface area (Å²) in [5.74, 6) is 0. The molecule has 0 radical (unpaired) electrons. The Balaban J connectivity index is 0. The zero-order valence-electron chi connectivity index (χ0n) is 4.90. The van der Waals surface area contributed by atoms with Crippen LogP contribution in [0.25, 0.3) is 0 Å². The van der Waals surface area contributed by atoms with Crippen molar-refractivity contribution in [3.05, 3.63) is 0 Å². The Bertz CT molecular complexity index is 72.7. The number of rotatable bonds is 1. The zero-order chi connectivity index (χ0) is 6.78. The smallest absolute Gasteiger partial charge is 0.320 e. The lowest BCUT2D eigenvalue weighted by Gasteiger charge is -2.11. The Morgan fingerprint density at radius 1 is 1.44 bits per heavy atom. The maximum atomic E-state index is 11.3. The molecule has 1 nitrogen and oxygen atoms in total. The van der Waals surface area contributed by atoms with E-state index >= 15 is 0 Å². The molecule has 0 aliphatic heterocycles. The molecule has 0 fully saturated rings. The third-order valence-corrected chi connectivity index (χ3v) is 0.860. The largest absolute Gasteiger partial charge is 0.403 e. The second-order valence-electron chi connectivity index (χ2n) is 1.56. The number of nitrogens with two attached hydrogens (primary N) is 1. The molecule has 1 unspecified atom stereocenters. The maximum Gasteiger partial charge on any atom is 0.403 e. The van der Waals surface area contributed by atoms with Gasteiger partial charge < -0.3 is 5.73 Å². The number of hydrogen-bond donors (Lipinski definition) is 1. The summed E-state index contributed by atoms with van der Waals surface area (Å²) in [6, 6.07) is -1.65. The molecular formula is C4H9ClF3N. The normalized spacial score (nSPS) is 14.3. The van der Waals surface area contributed by atoms with Gasteiger partial charge in [-0.05, 0) is 6.42 Å². The van der Waals surface area contributed by atoms with Crippen molar-refractivity contribution >= 4 is 12.4 Å². The van der Waals surface area contributed by atoms with Crippen molar-refractivity contribution in [2.45, 2.75) is 25.6 Å². The summed E-state index contributed by atoms with van der Waals surface area (Å²) in [7, 11) is 0. The number of hydrogen-bond acceptors (Lipinski definition) is 1. The first-order valence-electron chi connectivity index (χ1n) is 2.30. The molecule has 0 aromatic carbocycles. The molecule has 0 aliphatic carbocycles. The molecule has 0 aromatic heterocycles. The van der Waals surface area contributed by atoms with E-state index in [0.717, 1.165) is 0 Å². The van der Waals surface area contributed by atoms with Crippen molar-refractivity contribution in [2.24, 2.45) is 5.73 Å². The summed E-state index contributed by atoms with van der Waals surface area (Å²) in [4.78, 5) is 0. The molecule has 9 heavy (non-hydrogen) atoms. The first kappa shape index (κ1) is 11.8. The van der Waals surface area contributed by atoms with E-state index in [1.807, 2.05) is 0 Å². The van der Waals surface area contributed by atoms with E-state index in [9.17, 15) is 13.2 Å². The van der Waals surface area contributed by atoms with Gasteiger partial charge in [0.1, 0.15) is 6.04 Å². The van der Waals surface area contributed by atoms with Crippen LogP contribution in [0.15, 0.2) is 0 Å². The fourth-order valence-electron chi connectivity index (χ4n) is 0.231. The van der Waals surface area contributed by atoms with Crippen LogP contribution in [-0.4, -0.2) is 12.2 Å². The first-order chi connectivity index (χ1) is 3.48. The van der Waals surface area contributed by atoms with E-state index in [-0.39, 0.29) is 18.8 Å². The number of alkyl halides is 3. The summed E-state index contributed by atoms with van der Waals surface area (Å²) in [6.45, 7) is 1.40. The summed E-state index contributed by atoms with van der Waals surface area (Å²) in [6.07, 6.45) is -4.27. The van der Waals surface area contributed by atoms with Gasteiger partial charge in [0, 0.05) is 0 Å². The van der Waals surface area contributed by atoms with E-state index in [2.05, 4.69) is 5.73 Å². The van der Waals surface area contributed by atoms with Crippen LogP contribution in [-0.2, 0) is 0 Å². The minimum Gasteiger partial charge on any atom is -0.320 e. The van der Waals surface area contributed by atoms with E-state index in [1.54, 1.807) is 0 Å². The molecule has 0 rings (SSSR count). The average molecular weight is 164 g/mol. The Morgan fingerprint density at radius 3 is 1.78 bits per heavy atom. The number of halogens is 4. The van der Waals surface area contributed by atoms with Crippen LogP contribution in [0.4, 0.5) is 13.2 Å². The zero-order valence-corrected chi connectivity index (χ0v) is 5.72. The molecule has 0 aromatic rings. The van der Waals surface area contributed by atoms with Crippen molar-refractivity contribution in [1.29, 1.82) is 0 Å². The summed E-state index contributed by atoms with van der Waals surface area (Å²) >= 11 is 0. The van der Waals surface area contributed by atoms with Crippen LogP contribution in [0.2, 0.25) is 0 Å². The minimum absolute atomic E-state index is 0. The van der Waals surface area contributed by atoms with Gasteiger partial charge in [-0.3, -0.25) is 0 Å². The van der Waals surface area contributed by atoms with Crippen LogP contribution >= 0.6 is 12.4 Å². The van der Waals surface area contributed by atoms with E-state index in [0.29, 0.717) is 0 Å². The lowest BCUT2D eigenvalue weighted by molar-refractivity contribution is -0.147. The predicted molar refractivity (Wildman–Crippen MR) is 31.6 cm³/mol. The molecule has 0 amide bonds. The van der Waals surface area contributed by atoms with Gasteiger partial charge in [-0.15, -0.1) is 12.4 Å². The van der Waals surface area contributed by atoms with Gasteiger partial charge in [-0.1, -0.05) is 6.92 Å². The third kappa shape index (κ3) is 4.54. The molecule has 0 saturated heterocycles. The van der Waals surface area contributed by atoms with Crippen molar-refractivity contribution in [2.75, 3.05) is 0 Å². The summed E-state index contributed by atoms with van der Waals surface area (Å²) in [5.41, 5.74) is 4.62. The quantitative estimate of drug-likeness (QED) is 0.626. The molecule has 5 heteroatoms. The first-order valence-corrected chi connectivity index (χ1v) is 2.30. The van der Waals surface area contributed by atoms with Crippen LogP contribution in [0.5, 0.6) is 0 Å². The lowest BCUT2D eigenvalue weighted by atomic mass is 10.2. The molecule has 0 saturated carbocycles. The molecule has 2 N–H and O–H groups in total. The standard InChI is InChI=1S/C4H8F3N.ClH/c1-2-3(8)4(5,6)7;/h3H,2,8H2,1H3;1H. The van der Waals surface area contributed by atoms with Gasteiger partial charge >= 0.3 is 6.18 Å². The van der Waals surface area contributed by atoms with Gasteiger partial charge in [0.2, 0.25) is 0 Å². The molecule has 0 heterocycles. The molecular weight excluding hydrogens is 154 g/mol. The summed E-state index contributed by atoms with van der Waals surface area (Å²) < 4.78 is 34.0. The van der Waals surface area contributed by atoms with Crippen molar-refractivity contribution in [3.8, 4) is 0 Å². The van der Waals surface area contributed by atoms with Crippen LogP contribution in [0, 0.1) is 0 Å². The second-order valence-corrected chi connectivity index (χ2v) is 1.56. The molecule has 0 aliphatic rings. The monoisotopic (exact) mass is 163 g/mol.